The van der Waals surface area contributed by atoms with Crippen LogP contribution >= 0.6 is 0 Å². The first-order valence-electron chi connectivity index (χ1n) is 17.1. The zero-order chi connectivity index (χ0) is 38.2. The number of rotatable bonds is 39. The van der Waals surface area contributed by atoms with Crippen LogP contribution in [0.2, 0.25) is 0 Å². The van der Waals surface area contributed by atoms with E-state index in [1.807, 2.05) is 0 Å². The molecular weight excluding hydrogens is 694 g/mol. The van der Waals surface area contributed by atoms with Gasteiger partial charge < -0.3 is 59.0 Å². The van der Waals surface area contributed by atoms with Crippen LogP contribution in [0.4, 0.5) is 0 Å². The third kappa shape index (κ3) is 37.4. The minimum atomic E-state index is -0.995. The maximum absolute atomic E-state index is 12.3. The highest BCUT2D eigenvalue weighted by Gasteiger charge is 2.15. The molecule has 0 aromatic heterocycles. The third-order valence-corrected chi connectivity index (χ3v) is 6.17. The number of nitrogens with zero attached hydrogens (tertiary/aromatic N) is 6. The number of carbonyl (C=O) groups excluding carboxylic acids is 3. The van der Waals surface area contributed by atoms with Crippen LogP contribution < -0.4 is 16.0 Å². The maximum Gasteiger partial charge on any atom is 0.303 e. The molecule has 0 heterocycles. The minimum Gasteiger partial charge on any atom is -0.481 e. The summed E-state index contributed by atoms with van der Waals surface area (Å²) in [6, 6.07) is -0.580. The van der Waals surface area contributed by atoms with E-state index in [1.165, 1.54) is 0 Å². The molecule has 0 fully saturated rings. The monoisotopic (exact) mass is 749 g/mol. The van der Waals surface area contributed by atoms with Crippen molar-refractivity contribution in [2.75, 3.05) is 132 Å². The molecule has 0 aliphatic heterocycles. The normalized spacial score (nSPS) is 11.2. The number of carbonyl (C=O) groups is 4. The zero-order valence-electron chi connectivity index (χ0n) is 29.8. The average Bonchev–Trinajstić information content (AvgIpc) is 3.12. The van der Waals surface area contributed by atoms with Gasteiger partial charge in [-0.15, -0.1) is 0 Å². The molecule has 0 radical (unpaired) electrons. The highest BCUT2D eigenvalue weighted by Crippen LogP contribution is 1.99. The minimum absolute atomic E-state index is 0.0130. The average molecular weight is 750 g/mol. The van der Waals surface area contributed by atoms with Crippen molar-refractivity contribution in [3.63, 3.8) is 0 Å². The summed E-state index contributed by atoms with van der Waals surface area (Å²) in [5, 5.41) is 23.7. The molecule has 22 heteroatoms. The Morgan fingerprint density at radius 1 is 0.519 bits per heavy atom. The highest BCUT2D eigenvalue weighted by molar-refractivity contribution is 5.77. The second kappa shape index (κ2) is 38.4. The van der Waals surface area contributed by atoms with E-state index in [2.05, 4.69) is 36.0 Å². The molecule has 22 nitrogen and oxygen atoms in total. The summed E-state index contributed by atoms with van der Waals surface area (Å²) in [5.74, 6) is -1.84. The summed E-state index contributed by atoms with van der Waals surface area (Å²) >= 11 is 0. The van der Waals surface area contributed by atoms with Crippen LogP contribution in [0.1, 0.15) is 32.1 Å². The Hall–Kier alpha value is -3.82. The SMILES string of the molecule is [N-]=[N+]=NCCOCCOCCOCCNC(=O)CCOCC(COCCC(=O)NCCOCCOCCOCCN=[N+]=[N-])NC(=O)CCCC(=O)O. The van der Waals surface area contributed by atoms with Crippen LogP contribution in [0.5, 0.6) is 0 Å². The van der Waals surface area contributed by atoms with Gasteiger partial charge in [0.05, 0.1) is 112 Å². The Bertz CT molecular complexity index is 971. The second-order valence-corrected chi connectivity index (χ2v) is 10.4. The molecular formula is C30H55N9O13. The molecule has 298 valence electrons. The molecule has 0 bridgehead atoms. The molecule has 0 aliphatic carbocycles. The van der Waals surface area contributed by atoms with E-state index in [4.69, 9.17) is 54.1 Å². The van der Waals surface area contributed by atoms with Gasteiger partial charge in [-0.1, -0.05) is 10.2 Å². The van der Waals surface area contributed by atoms with Crippen molar-refractivity contribution in [2.24, 2.45) is 10.2 Å². The van der Waals surface area contributed by atoms with E-state index in [0.29, 0.717) is 92.4 Å². The lowest BCUT2D eigenvalue weighted by Crippen LogP contribution is -2.42. The summed E-state index contributed by atoms with van der Waals surface area (Å²) in [4.78, 5) is 52.5. The molecule has 0 aliphatic rings. The van der Waals surface area contributed by atoms with Gasteiger partial charge in [0.15, 0.2) is 0 Å². The van der Waals surface area contributed by atoms with Gasteiger partial charge >= 0.3 is 5.97 Å². The van der Waals surface area contributed by atoms with Crippen molar-refractivity contribution in [1.82, 2.24) is 16.0 Å². The van der Waals surface area contributed by atoms with E-state index in [-0.39, 0.29) is 89.3 Å². The van der Waals surface area contributed by atoms with Crippen LogP contribution in [-0.2, 0) is 57.1 Å². The van der Waals surface area contributed by atoms with Crippen LogP contribution in [0.15, 0.2) is 10.2 Å². The van der Waals surface area contributed by atoms with Gasteiger partial charge in [0, 0.05) is 61.7 Å². The fraction of sp³-hybridized carbons (Fsp3) is 0.867. The lowest BCUT2D eigenvalue weighted by Gasteiger charge is -2.19. The van der Waals surface area contributed by atoms with Crippen LogP contribution in [0.25, 0.3) is 20.9 Å². The van der Waals surface area contributed by atoms with E-state index in [0.717, 1.165) is 0 Å². The van der Waals surface area contributed by atoms with Crippen molar-refractivity contribution in [3.8, 4) is 0 Å². The molecule has 52 heavy (non-hydrogen) atoms. The number of aliphatic carboxylic acids is 1. The topological polar surface area (TPSA) is 296 Å². The van der Waals surface area contributed by atoms with Crippen molar-refractivity contribution in [1.29, 1.82) is 0 Å². The highest BCUT2D eigenvalue weighted by atomic mass is 16.5. The van der Waals surface area contributed by atoms with Crippen molar-refractivity contribution >= 4 is 23.7 Å². The van der Waals surface area contributed by atoms with Crippen LogP contribution in [0, 0.1) is 0 Å². The van der Waals surface area contributed by atoms with Gasteiger partial charge in [-0.25, -0.2) is 0 Å². The Kier molecular flexibility index (Phi) is 35.6. The fourth-order valence-corrected chi connectivity index (χ4v) is 3.70. The molecule has 0 rings (SSSR count). The summed E-state index contributed by atoms with van der Waals surface area (Å²) in [6.45, 7) is 5.62. The van der Waals surface area contributed by atoms with Crippen molar-refractivity contribution in [3.05, 3.63) is 20.9 Å². The van der Waals surface area contributed by atoms with Crippen molar-refractivity contribution < 1.29 is 62.2 Å². The summed E-state index contributed by atoms with van der Waals surface area (Å²) in [6.07, 6.45) is 0.212. The van der Waals surface area contributed by atoms with Gasteiger partial charge in [-0.3, -0.25) is 19.2 Å². The van der Waals surface area contributed by atoms with Crippen molar-refractivity contribution in [2.45, 2.75) is 38.1 Å². The van der Waals surface area contributed by atoms with Gasteiger partial charge in [-0.05, 0) is 17.5 Å². The molecule has 0 unspecified atom stereocenters. The molecule has 0 aromatic rings. The zero-order valence-corrected chi connectivity index (χ0v) is 29.8. The molecule has 3 amide bonds. The second-order valence-electron chi connectivity index (χ2n) is 10.4. The predicted molar refractivity (Wildman–Crippen MR) is 183 cm³/mol. The molecule has 4 N–H and O–H groups in total. The fourth-order valence-electron chi connectivity index (χ4n) is 3.70. The predicted octanol–water partition coefficient (Wildman–Crippen LogP) is 0.492. The number of carboxylic acid groups (broad SMARTS) is 1. The van der Waals surface area contributed by atoms with Gasteiger partial charge in [0.25, 0.3) is 0 Å². The molecule has 0 spiro atoms. The quantitative estimate of drug-likeness (QED) is 0.0288. The largest absolute Gasteiger partial charge is 0.481 e. The summed E-state index contributed by atoms with van der Waals surface area (Å²) in [5.41, 5.74) is 16.3. The first kappa shape index (κ1) is 48.2. The molecule has 0 aromatic carbocycles. The Labute approximate surface area is 303 Å². The summed E-state index contributed by atoms with van der Waals surface area (Å²) in [7, 11) is 0. The third-order valence-electron chi connectivity index (χ3n) is 6.17. The summed E-state index contributed by atoms with van der Waals surface area (Å²) < 4.78 is 43.1. The number of azide groups is 2. The maximum atomic E-state index is 12.3. The van der Waals surface area contributed by atoms with E-state index >= 15 is 0 Å². The lowest BCUT2D eigenvalue weighted by molar-refractivity contribution is -0.137. The lowest BCUT2D eigenvalue weighted by atomic mass is 10.2. The Balaban J connectivity index is 4.07. The molecule has 0 saturated carbocycles. The number of hydrogen-bond acceptors (Lipinski definition) is 14. The van der Waals surface area contributed by atoms with Gasteiger partial charge in [0.1, 0.15) is 0 Å². The number of amides is 3. The number of nitrogens with one attached hydrogen (secondary N) is 3. The van der Waals surface area contributed by atoms with Gasteiger partial charge in [-0.2, -0.15) is 0 Å². The first-order chi connectivity index (χ1) is 25.4. The van der Waals surface area contributed by atoms with Crippen LogP contribution in [0.3, 0.4) is 0 Å². The van der Waals surface area contributed by atoms with Crippen LogP contribution in [-0.4, -0.2) is 167 Å². The van der Waals surface area contributed by atoms with Gasteiger partial charge in [0.2, 0.25) is 17.7 Å². The van der Waals surface area contributed by atoms with E-state index in [9.17, 15) is 19.2 Å². The van der Waals surface area contributed by atoms with E-state index in [1.54, 1.807) is 0 Å². The molecule has 0 atom stereocenters. The number of hydrogen-bond donors (Lipinski definition) is 4. The molecule has 0 saturated heterocycles. The van der Waals surface area contributed by atoms with E-state index < -0.39 is 12.0 Å². The smallest absolute Gasteiger partial charge is 0.303 e. The standard InChI is InChI=1S/C30H55N9O13/c31-38-35-8-14-47-18-22-49-20-16-45-12-6-33-27(40)4-10-51-24-26(37-29(42)2-1-3-30(43)44)25-52-11-5-28(41)34-7-13-46-17-21-50-23-19-48-15-9-36-39-32/h26H,1-25H2,(H,33,40)(H,34,41)(H,37,42)(H,43,44). The number of carboxylic acids is 1. The Morgan fingerprint density at radius 2 is 0.923 bits per heavy atom. The Morgan fingerprint density at radius 3 is 1.33 bits per heavy atom. The first-order valence-corrected chi connectivity index (χ1v) is 17.1. The number of ether oxygens (including phenoxy) is 8.